The Hall–Kier alpha value is -1.25. The van der Waals surface area contributed by atoms with E-state index in [1.165, 1.54) is 12.2 Å². The van der Waals surface area contributed by atoms with Gasteiger partial charge in [-0.1, -0.05) is 12.7 Å². The number of hydrogen-bond acceptors (Lipinski definition) is 3. The summed E-state index contributed by atoms with van der Waals surface area (Å²) in [5, 5.41) is 0. The van der Waals surface area contributed by atoms with Crippen LogP contribution in [0.25, 0.3) is 0 Å². The van der Waals surface area contributed by atoms with E-state index in [0.29, 0.717) is 0 Å². The minimum atomic E-state index is -0.724. The highest BCUT2D eigenvalue weighted by Crippen LogP contribution is 1.92. The second-order valence-corrected chi connectivity index (χ2v) is 2.06. The monoisotopic (exact) mass is 155 g/mol. The maximum absolute atomic E-state index is 10.6. The summed E-state index contributed by atoms with van der Waals surface area (Å²) < 4.78 is 9.07. The molecule has 0 saturated heterocycles. The zero-order valence-corrected chi connectivity index (χ0v) is 6.61. The van der Waals surface area contributed by atoms with Gasteiger partial charge in [-0.15, -0.1) is 0 Å². The Morgan fingerprint density at radius 3 is 2.64 bits per heavy atom. The van der Waals surface area contributed by atoms with Crippen molar-refractivity contribution in [3.05, 3.63) is 25.0 Å². The average molecular weight is 155 g/mol. The lowest BCUT2D eigenvalue weighted by Crippen LogP contribution is -2.10. The first kappa shape index (κ1) is 9.75. The lowest BCUT2D eigenvalue weighted by Gasteiger charge is -2.04. The van der Waals surface area contributed by atoms with E-state index in [-0.39, 0.29) is 6.10 Å². The number of hydrogen-bond donors (Lipinski definition) is 0. The fourth-order valence-electron chi connectivity index (χ4n) is 0.360. The van der Waals surface area contributed by atoms with Crippen LogP contribution in [0.4, 0.5) is 4.79 Å². The van der Waals surface area contributed by atoms with Gasteiger partial charge in [-0.05, 0) is 19.9 Å². The summed E-state index contributed by atoms with van der Waals surface area (Å²) >= 11 is 0. The van der Waals surface area contributed by atoms with E-state index in [4.69, 9.17) is 6.58 Å². The smallest absolute Gasteiger partial charge is 0.431 e. The second kappa shape index (κ2) is 5.53. The van der Waals surface area contributed by atoms with Crippen LogP contribution in [0.15, 0.2) is 18.4 Å². The van der Waals surface area contributed by atoms with Gasteiger partial charge < -0.3 is 9.47 Å². The molecule has 3 heteroatoms. The Labute approximate surface area is 66.3 Å². The predicted octanol–water partition coefficient (Wildman–Crippen LogP) is 2.05. The average Bonchev–Trinajstić information content (AvgIpc) is 1.86. The summed E-state index contributed by atoms with van der Waals surface area (Å²) in [7, 11) is 0. The molecule has 0 atom stereocenters. The van der Waals surface area contributed by atoms with Gasteiger partial charge >= 0.3 is 6.16 Å². The minimum absolute atomic E-state index is 0.169. The SMILES string of the molecule is [CH]=CC=COC(=O)OC(C)C. The third-order valence-corrected chi connectivity index (χ3v) is 0.686. The molecule has 0 saturated carbocycles. The lowest BCUT2D eigenvalue weighted by atomic mass is 10.5. The van der Waals surface area contributed by atoms with Gasteiger partial charge in [0, 0.05) is 0 Å². The normalized spacial score (nSPS) is 10.1. The number of ether oxygens (including phenoxy) is 2. The van der Waals surface area contributed by atoms with Gasteiger partial charge in [-0.2, -0.15) is 0 Å². The maximum Gasteiger partial charge on any atom is 0.513 e. The highest BCUT2D eigenvalue weighted by atomic mass is 16.7. The van der Waals surface area contributed by atoms with Crippen LogP contribution in [0, 0.1) is 6.58 Å². The van der Waals surface area contributed by atoms with E-state index in [2.05, 4.69) is 9.47 Å². The van der Waals surface area contributed by atoms with Crippen LogP contribution in [0.5, 0.6) is 0 Å². The molecule has 61 valence electrons. The molecule has 0 aromatic heterocycles. The van der Waals surface area contributed by atoms with E-state index in [9.17, 15) is 4.79 Å². The Kier molecular flexibility index (Phi) is 4.90. The molecule has 0 aromatic rings. The van der Waals surface area contributed by atoms with Crippen LogP contribution in [0.3, 0.4) is 0 Å². The molecule has 0 heterocycles. The molecule has 1 radical (unpaired) electrons. The Morgan fingerprint density at radius 2 is 2.18 bits per heavy atom. The molecule has 0 aromatic carbocycles. The molecule has 0 spiro atoms. The zero-order valence-electron chi connectivity index (χ0n) is 6.61. The van der Waals surface area contributed by atoms with Crippen LogP contribution in [0.1, 0.15) is 13.8 Å². The highest BCUT2D eigenvalue weighted by molar-refractivity contribution is 5.60. The molecule has 0 N–H and O–H groups in total. The largest absolute Gasteiger partial charge is 0.513 e. The summed E-state index contributed by atoms with van der Waals surface area (Å²) in [5.41, 5.74) is 0. The fourth-order valence-corrected chi connectivity index (χ4v) is 0.360. The zero-order chi connectivity index (χ0) is 8.69. The highest BCUT2D eigenvalue weighted by Gasteiger charge is 2.02. The number of rotatable bonds is 3. The van der Waals surface area contributed by atoms with Crippen molar-refractivity contribution in [1.82, 2.24) is 0 Å². The third-order valence-electron chi connectivity index (χ3n) is 0.686. The topological polar surface area (TPSA) is 35.5 Å². The first-order valence-electron chi connectivity index (χ1n) is 3.24. The molecule has 0 aliphatic heterocycles. The second-order valence-electron chi connectivity index (χ2n) is 2.06. The summed E-state index contributed by atoms with van der Waals surface area (Å²) in [6, 6.07) is 0. The Bertz CT molecular complexity index is 159. The first-order chi connectivity index (χ1) is 5.16. The Balaban J connectivity index is 3.53. The molecule has 0 bridgehead atoms. The van der Waals surface area contributed by atoms with Crippen LogP contribution < -0.4 is 0 Å². The van der Waals surface area contributed by atoms with Crippen LogP contribution in [-0.2, 0) is 9.47 Å². The van der Waals surface area contributed by atoms with Gasteiger partial charge in [0.15, 0.2) is 0 Å². The molecule has 0 rings (SSSR count). The Morgan fingerprint density at radius 1 is 1.55 bits per heavy atom. The van der Waals surface area contributed by atoms with Crippen molar-refractivity contribution in [3.8, 4) is 0 Å². The molecule has 11 heavy (non-hydrogen) atoms. The molecule has 0 amide bonds. The minimum Gasteiger partial charge on any atom is -0.431 e. The van der Waals surface area contributed by atoms with Gasteiger partial charge in [-0.3, -0.25) is 0 Å². The summed E-state index contributed by atoms with van der Waals surface area (Å²) in [6.45, 7) is 8.44. The molecule has 0 aliphatic rings. The predicted molar refractivity (Wildman–Crippen MR) is 40.7 cm³/mol. The molecule has 3 nitrogen and oxygen atoms in total. The van der Waals surface area contributed by atoms with Crippen molar-refractivity contribution in [1.29, 1.82) is 0 Å². The van der Waals surface area contributed by atoms with Gasteiger partial charge in [0.05, 0.1) is 12.4 Å². The standard InChI is InChI=1S/C8H11O3/c1-4-5-6-10-8(9)11-7(2)3/h1,4-7H,2-3H3. The van der Waals surface area contributed by atoms with Crippen molar-refractivity contribution in [2.75, 3.05) is 0 Å². The van der Waals surface area contributed by atoms with E-state index in [0.717, 1.165) is 6.26 Å². The number of allylic oxidation sites excluding steroid dienone is 2. The molecule has 0 fully saturated rings. The summed E-state index contributed by atoms with van der Waals surface area (Å²) in [4.78, 5) is 10.6. The summed E-state index contributed by atoms with van der Waals surface area (Å²) in [5.74, 6) is 0. The van der Waals surface area contributed by atoms with E-state index < -0.39 is 6.16 Å². The summed E-state index contributed by atoms with van der Waals surface area (Å²) in [6.07, 6.45) is 2.91. The quantitative estimate of drug-likeness (QED) is 0.355. The van der Waals surface area contributed by atoms with Crippen LogP contribution in [0.2, 0.25) is 0 Å². The molecular weight excluding hydrogens is 144 g/mol. The van der Waals surface area contributed by atoms with Crippen molar-refractivity contribution in [2.24, 2.45) is 0 Å². The van der Waals surface area contributed by atoms with Gasteiger partial charge in [0.25, 0.3) is 0 Å². The molecule has 0 unspecified atom stereocenters. The van der Waals surface area contributed by atoms with Crippen molar-refractivity contribution in [2.45, 2.75) is 20.0 Å². The van der Waals surface area contributed by atoms with Crippen LogP contribution >= 0.6 is 0 Å². The van der Waals surface area contributed by atoms with E-state index in [1.807, 2.05) is 0 Å². The maximum atomic E-state index is 10.6. The third kappa shape index (κ3) is 6.64. The van der Waals surface area contributed by atoms with Crippen molar-refractivity contribution >= 4 is 6.16 Å². The van der Waals surface area contributed by atoms with E-state index >= 15 is 0 Å². The van der Waals surface area contributed by atoms with Gasteiger partial charge in [0.1, 0.15) is 0 Å². The van der Waals surface area contributed by atoms with Gasteiger partial charge in [-0.25, -0.2) is 4.79 Å². The molecular formula is C8H11O3. The number of carbonyl (C=O) groups is 1. The lowest BCUT2D eigenvalue weighted by molar-refractivity contribution is 0.0601. The van der Waals surface area contributed by atoms with Gasteiger partial charge in [0.2, 0.25) is 0 Å². The number of carbonyl (C=O) groups excluding carboxylic acids is 1. The van der Waals surface area contributed by atoms with Crippen molar-refractivity contribution in [3.63, 3.8) is 0 Å². The van der Waals surface area contributed by atoms with E-state index in [1.54, 1.807) is 13.8 Å². The fraction of sp³-hybridized carbons (Fsp3) is 0.375. The molecule has 0 aliphatic carbocycles. The first-order valence-corrected chi connectivity index (χ1v) is 3.24. The van der Waals surface area contributed by atoms with Crippen LogP contribution in [-0.4, -0.2) is 12.3 Å². The van der Waals surface area contributed by atoms with Crippen molar-refractivity contribution < 1.29 is 14.3 Å².